The molecule has 2 rings (SSSR count). The van der Waals surface area contributed by atoms with E-state index >= 15 is 0 Å². The van der Waals surface area contributed by atoms with Crippen molar-refractivity contribution < 1.29 is 14.6 Å². The van der Waals surface area contributed by atoms with E-state index < -0.39 is 12.0 Å². The lowest BCUT2D eigenvalue weighted by atomic mass is 9.97. The van der Waals surface area contributed by atoms with E-state index in [0.29, 0.717) is 0 Å². The Morgan fingerprint density at radius 1 is 1.59 bits per heavy atom. The van der Waals surface area contributed by atoms with E-state index in [4.69, 9.17) is 15.6 Å². The second kappa shape index (κ2) is 4.04. The van der Waals surface area contributed by atoms with Crippen molar-refractivity contribution in [3.8, 4) is 5.75 Å². The minimum atomic E-state index is -0.896. The van der Waals surface area contributed by atoms with Gasteiger partial charge >= 0.3 is 5.97 Å². The maximum Gasteiger partial charge on any atom is 0.305 e. The minimum absolute atomic E-state index is 0.0831. The number of benzene rings is 1. The van der Waals surface area contributed by atoms with Crippen molar-refractivity contribution in [3.63, 3.8) is 0 Å². The number of nitrogens with two attached hydrogens (primary N) is 1. The third-order valence-corrected chi connectivity index (χ3v) is 2.92. The number of rotatable bonds is 3. The first-order valence-corrected chi connectivity index (χ1v) is 5.67. The van der Waals surface area contributed by atoms with Crippen molar-refractivity contribution >= 4 is 5.97 Å². The van der Waals surface area contributed by atoms with Crippen molar-refractivity contribution in [2.75, 3.05) is 0 Å². The third kappa shape index (κ3) is 2.42. The second-order valence-electron chi connectivity index (χ2n) is 5.08. The van der Waals surface area contributed by atoms with Crippen LogP contribution in [0.3, 0.4) is 0 Å². The van der Waals surface area contributed by atoms with Gasteiger partial charge in [-0.3, -0.25) is 4.79 Å². The fraction of sp³-hybridized carbons (Fsp3) is 0.462. The third-order valence-electron chi connectivity index (χ3n) is 2.92. The van der Waals surface area contributed by atoms with Crippen LogP contribution in [0.1, 0.15) is 37.4 Å². The number of para-hydroxylation sites is 1. The van der Waals surface area contributed by atoms with Gasteiger partial charge in [-0.1, -0.05) is 18.2 Å². The number of fused-ring (bicyclic) bond motifs is 1. The fourth-order valence-corrected chi connectivity index (χ4v) is 2.23. The molecule has 0 aliphatic carbocycles. The Bertz CT molecular complexity index is 454. The van der Waals surface area contributed by atoms with Gasteiger partial charge in [-0.05, 0) is 19.4 Å². The zero-order valence-electron chi connectivity index (χ0n) is 10.1. The molecule has 4 heteroatoms. The summed E-state index contributed by atoms with van der Waals surface area (Å²) in [6.45, 7) is 4.03. The smallest absolute Gasteiger partial charge is 0.305 e. The minimum Gasteiger partial charge on any atom is -0.487 e. The number of carboxylic acids is 1. The number of carboxylic acid groups (broad SMARTS) is 1. The molecule has 1 aliphatic rings. The maximum atomic E-state index is 10.7. The summed E-state index contributed by atoms with van der Waals surface area (Å²) in [6, 6.07) is 5.23. The molecule has 0 fully saturated rings. The first-order chi connectivity index (χ1) is 7.89. The monoisotopic (exact) mass is 235 g/mol. The Labute approximate surface area is 100 Å². The number of hydrogen-bond acceptors (Lipinski definition) is 3. The average Bonchev–Trinajstić information content (AvgIpc) is 2.49. The number of aliphatic carboxylic acids is 1. The zero-order chi connectivity index (χ0) is 12.6. The van der Waals surface area contributed by atoms with E-state index in [0.717, 1.165) is 23.3 Å². The Morgan fingerprint density at radius 3 is 2.94 bits per heavy atom. The van der Waals surface area contributed by atoms with E-state index in [1.807, 2.05) is 32.0 Å². The van der Waals surface area contributed by atoms with Crippen molar-refractivity contribution in [1.29, 1.82) is 0 Å². The Kier molecular flexibility index (Phi) is 2.83. The van der Waals surface area contributed by atoms with Crippen LogP contribution in [0.2, 0.25) is 0 Å². The predicted octanol–water partition coefficient (Wildman–Crippen LogP) is 1.87. The summed E-state index contributed by atoms with van der Waals surface area (Å²) in [6.07, 6.45) is 0.746. The standard InChI is InChI=1S/C13H17NO3/c1-13(2)7-8-4-3-5-9(12(8)17-13)10(14)6-11(15)16/h3-5,10H,6-7,14H2,1-2H3,(H,15,16)/t10-/m1/s1. The van der Waals surface area contributed by atoms with Crippen LogP contribution < -0.4 is 10.5 Å². The second-order valence-corrected chi connectivity index (χ2v) is 5.08. The van der Waals surface area contributed by atoms with Crippen LogP contribution in [-0.2, 0) is 11.2 Å². The highest BCUT2D eigenvalue weighted by Crippen LogP contribution is 2.39. The van der Waals surface area contributed by atoms with Gasteiger partial charge in [0.15, 0.2) is 0 Å². The van der Waals surface area contributed by atoms with Crippen LogP contribution in [0.4, 0.5) is 0 Å². The van der Waals surface area contributed by atoms with Crippen molar-refractivity contribution in [2.24, 2.45) is 5.73 Å². The van der Waals surface area contributed by atoms with Crippen LogP contribution in [0, 0.1) is 0 Å². The van der Waals surface area contributed by atoms with Crippen molar-refractivity contribution in [1.82, 2.24) is 0 Å². The molecule has 1 atom stereocenters. The number of hydrogen-bond donors (Lipinski definition) is 2. The lowest BCUT2D eigenvalue weighted by Crippen LogP contribution is -2.25. The molecule has 0 unspecified atom stereocenters. The zero-order valence-corrected chi connectivity index (χ0v) is 10.1. The first kappa shape index (κ1) is 11.9. The molecule has 0 saturated carbocycles. The van der Waals surface area contributed by atoms with E-state index in [-0.39, 0.29) is 12.0 Å². The molecule has 0 aromatic heterocycles. The molecule has 92 valence electrons. The summed E-state index contributed by atoms with van der Waals surface area (Å²) < 4.78 is 5.86. The normalized spacial score (nSPS) is 18.3. The molecule has 1 aromatic carbocycles. The molecule has 0 radical (unpaired) electrons. The molecule has 3 N–H and O–H groups in total. The van der Waals surface area contributed by atoms with Gasteiger partial charge in [-0.25, -0.2) is 0 Å². The summed E-state index contributed by atoms with van der Waals surface area (Å²) in [5, 5.41) is 8.78. The molecule has 0 amide bonds. The van der Waals surface area contributed by atoms with E-state index in [1.54, 1.807) is 0 Å². The van der Waals surface area contributed by atoms with Gasteiger partial charge in [-0.2, -0.15) is 0 Å². The molecule has 0 bridgehead atoms. The molecule has 17 heavy (non-hydrogen) atoms. The summed E-state index contributed by atoms with van der Waals surface area (Å²) in [5.41, 5.74) is 7.55. The summed E-state index contributed by atoms with van der Waals surface area (Å²) in [5.74, 6) is -0.126. The van der Waals surface area contributed by atoms with Crippen LogP contribution in [0.25, 0.3) is 0 Å². The molecular formula is C13H17NO3. The van der Waals surface area contributed by atoms with Crippen LogP contribution >= 0.6 is 0 Å². The number of carbonyl (C=O) groups is 1. The van der Waals surface area contributed by atoms with Crippen molar-refractivity contribution in [3.05, 3.63) is 29.3 Å². The lowest BCUT2D eigenvalue weighted by Gasteiger charge is -2.19. The average molecular weight is 235 g/mol. The van der Waals surface area contributed by atoms with Crippen molar-refractivity contribution in [2.45, 2.75) is 38.3 Å². The maximum absolute atomic E-state index is 10.7. The molecule has 0 spiro atoms. The van der Waals surface area contributed by atoms with Gasteiger partial charge in [0.25, 0.3) is 0 Å². The molecule has 1 aliphatic heterocycles. The Morgan fingerprint density at radius 2 is 2.29 bits per heavy atom. The highest BCUT2D eigenvalue weighted by molar-refractivity contribution is 5.68. The van der Waals surface area contributed by atoms with Gasteiger partial charge in [0.1, 0.15) is 11.4 Å². The van der Waals surface area contributed by atoms with E-state index in [2.05, 4.69) is 0 Å². The van der Waals surface area contributed by atoms with Gasteiger partial charge < -0.3 is 15.6 Å². The van der Waals surface area contributed by atoms with Crippen LogP contribution in [0.15, 0.2) is 18.2 Å². The molecule has 1 aromatic rings. The topological polar surface area (TPSA) is 72.6 Å². The SMILES string of the molecule is CC1(C)Cc2cccc([C@H](N)CC(=O)O)c2O1. The van der Waals surface area contributed by atoms with Gasteiger partial charge in [-0.15, -0.1) is 0 Å². The van der Waals surface area contributed by atoms with Gasteiger partial charge in [0.2, 0.25) is 0 Å². The largest absolute Gasteiger partial charge is 0.487 e. The van der Waals surface area contributed by atoms with E-state index in [9.17, 15) is 4.79 Å². The summed E-state index contributed by atoms with van der Waals surface area (Å²) >= 11 is 0. The number of ether oxygens (including phenoxy) is 1. The highest BCUT2D eigenvalue weighted by Gasteiger charge is 2.32. The summed E-state index contributed by atoms with van der Waals surface area (Å²) in [7, 11) is 0. The Balaban J connectivity index is 2.32. The molecule has 0 saturated heterocycles. The Hall–Kier alpha value is -1.55. The first-order valence-electron chi connectivity index (χ1n) is 5.67. The lowest BCUT2D eigenvalue weighted by molar-refractivity contribution is -0.137. The van der Waals surface area contributed by atoms with Crippen LogP contribution in [-0.4, -0.2) is 16.7 Å². The molecule has 4 nitrogen and oxygen atoms in total. The summed E-state index contributed by atoms with van der Waals surface area (Å²) in [4.78, 5) is 10.7. The fourth-order valence-electron chi connectivity index (χ4n) is 2.23. The van der Waals surface area contributed by atoms with Gasteiger partial charge in [0.05, 0.1) is 6.42 Å². The highest BCUT2D eigenvalue weighted by atomic mass is 16.5. The molecule has 1 heterocycles. The van der Waals surface area contributed by atoms with Gasteiger partial charge in [0, 0.05) is 18.0 Å². The van der Waals surface area contributed by atoms with Crippen LogP contribution in [0.5, 0.6) is 5.75 Å². The van der Waals surface area contributed by atoms with E-state index in [1.165, 1.54) is 0 Å². The molecular weight excluding hydrogens is 218 g/mol. The quantitative estimate of drug-likeness (QED) is 0.839. The predicted molar refractivity (Wildman–Crippen MR) is 64.0 cm³/mol.